The summed E-state index contributed by atoms with van der Waals surface area (Å²) in [7, 11) is -3.12. The maximum absolute atomic E-state index is 11.6. The Hall–Kier alpha value is -2.14. The van der Waals surface area contributed by atoms with Gasteiger partial charge in [0.25, 0.3) is 0 Å². The molecular formula is C22H26N2O2S. The van der Waals surface area contributed by atoms with E-state index in [0.29, 0.717) is 22.6 Å². The van der Waals surface area contributed by atoms with E-state index in [1.54, 1.807) is 12.1 Å². The van der Waals surface area contributed by atoms with Gasteiger partial charge in [0, 0.05) is 18.4 Å². The molecule has 0 amide bonds. The Morgan fingerprint density at radius 2 is 1.93 bits per heavy atom. The molecule has 1 fully saturated rings. The number of hydrogen-bond donors (Lipinski definition) is 0. The summed E-state index contributed by atoms with van der Waals surface area (Å²) in [6.45, 7) is 2.27. The molecule has 0 N–H and O–H groups in total. The molecule has 0 bridgehead atoms. The van der Waals surface area contributed by atoms with Crippen LogP contribution >= 0.6 is 0 Å². The number of aromatic nitrogens is 2. The molecule has 3 aromatic rings. The first-order valence-corrected chi connectivity index (χ1v) is 11.5. The van der Waals surface area contributed by atoms with Crippen LogP contribution < -0.4 is 0 Å². The van der Waals surface area contributed by atoms with Crippen molar-refractivity contribution in [2.45, 2.75) is 49.3 Å². The number of pyridine rings is 1. The Morgan fingerprint density at radius 3 is 2.67 bits per heavy atom. The van der Waals surface area contributed by atoms with Crippen LogP contribution in [-0.4, -0.2) is 24.1 Å². The highest BCUT2D eigenvalue weighted by Gasteiger charge is 2.28. The largest absolute Gasteiger partial charge is 0.304 e. The van der Waals surface area contributed by atoms with Gasteiger partial charge in [-0.3, -0.25) is 0 Å². The van der Waals surface area contributed by atoms with Gasteiger partial charge in [-0.05, 0) is 67.3 Å². The van der Waals surface area contributed by atoms with Gasteiger partial charge in [-0.2, -0.15) is 0 Å². The van der Waals surface area contributed by atoms with Crippen LogP contribution in [0.5, 0.6) is 0 Å². The first-order valence-electron chi connectivity index (χ1n) is 9.64. The van der Waals surface area contributed by atoms with Crippen molar-refractivity contribution in [3.63, 3.8) is 0 Å². The van der Waals surface area contributed by atoms with Crippen LogP contribution in [0, 0.1) is 5.92 Å². The highest BCUT2D eigenvalue weighted by molar-refractivity contribution is 7.90. The molecule has 0 radical (unpaired) electrons. The van der Waals surface area contributed by atoms with E-state index in [2.05, 4.69) is 34.6 Å². The molecule has 4 nitrogen and oxygen atoms in total. The predicted molar refractivity (Wildman–Crippen MR) is 108 cm³/mol. The Balaban J connectivity index is 1.42. The van der Waals surface area contributed by atoms with Gasteiger partial charge in [0.05, 0.1) is 16.6 Å². The molecule has 0 aliphatic heterocycles. The first-order chi connectivity index (χ1) is 12.9. The van der Waals surface area contributed by atoms with Crippen molar-refractivity contribution in [2.24, 2.45) is 5.92 Å². The Labute approximate surface area is 161 Å². The summed E-state index contributed by atoms with van der Waals surface area (Å²) < 4.78 is 25.5. The van der Waals surface area contributed by atoms with Gasteiger partial charge in [-0.25, -0.2) is 13.4 Å². The van der Waals surface area contributed by atoms with E-state index >= 15 is 0 Å². The molecule has 5 heteroatoms. The summed E-state index contributed by atoms with van der Waals surface area (Å²) >= 11 is 0. The van der Waals surface area contributed by atoms with Gasteiger partial charge in [0.15, 0.2) is 9.84 Å². The second-order valence-corrected chi connectivity index (χ2v) is 9.98. The average molecular weight is 383 g/mol. The SMILES string of the molecule is C[C@@H](CC1CC[C@H](c2ccc(S(C)(=O)=O)cc2)C1)c1ncc2ccccn12. The molecule has 1 unspecified atom stereocenters. The quantitative estimate of drug-likeness (QED) is 0.636. The number of nitrogens with zero attached hydrogens (tertiary/aromatic N) is 2. The second-order valence-electron chi connectivity index (χ2n) is 7.97. The van der Waals surface area contributed by atoms with E-state index in [-0.39, 0.29) is 0 Å². The third-order valence-electron chi connectivity index (χ3n) is 5.92. The lowest BCUT2D eigenvalue weighted by Gasteiger charge is -2.16. The molecule has 1 aliphatic carbocycles. The van der Waals surface area contributed by atoms with Crippen LogP contribution in [0.1, 0.15) is 55.8 Å². The molecule has 1 aliphatic rings. The lowest BCUT2D eigenvalue weighted by molar-refractivity contribution is 0.444. The fourth-order valence-corrected chi connectivity index (χ4v) is 5.14. The Morgan fingerprint density at radius 1 is 1.15 bits per heavy atom. The minimum Gasteiger partial charge on any atom is -0.304 e. The van der Waals surface area contributed by atoms with E-state index in [9.17, 15) is 8.42 Å². The standard InChI is InChI=1S/C22H26N2O2S/c1-16(22-23-15-20-5-3-4-12-24(20)22)13-17-6-7-19(14-17)18-8-10-21(11-9-18)27(2,25)26/h3-5,8-12,15-17,19H,6-7,13-14H2,1-2H3/t16-,17?,19-/m0/s1. The van der Waals surface area contributed by atoms with Crippen LogP contribution in [0.25, 0.3) is 5.52 Å². The van der Waals surface area contributed by atoms with Gasteiger partial charge in [0.2, 0.25) is 0 Å². The molecule has 2 heterocycles. The van der Waals surface area contributed by atoms with Crippen molar-refractivity contribution >= 4 is 15.4 Å². The minimum atomic E-state index is -3.12. The zero-order chi connectivity index (χ0) is 19.0. The van der Waals surface area contributed by atoms with Crippen LogP contribution in [0.2, 0.25) is 0 Å². The monoisotopic (exact) mass is 382 g/mol. The molecule has 0 spiro atoms. The summed E-state index contributed by atoms with van der Waals surface area (Å²) in [5.41, 5.74) is 2.42. The number of rotatable bonds is 5. The van der Waals surface area contributed by atoms with Crippen LogP contribution in [-0.2, 0) is 9.84 Å². The minimum absolute atomic E-state index is 0.403. The molecule has 4 rings (SSSR count). The smallest absolute Gasteiger partial charge is 0.175 e. The fourth-order valence-electron chi connectivity index (χ4n) is 4.51. The number of fused-ring (bicyclic) bond motifs is 1. The van der Waals surface area contributed by atoms with E-state index < -0.39 is 9.84 Å². The number of hydrogen-bond acceptors (Lipinski definition) is 3. The zero-order valence-electron chi connectivity index (χ0n) is 15.9. The van der Waals surface area contributed by atoms with Crippen molar-refractivity contribution in [1.82, 2.24) is 9.38 Å². The summed E-state index contributed by atoms with van der Waals surface area (Å²) in [4.78, 5) is 5.06. The van der Waals surface area contributed by atoms with Gasteiger partial charge < -0.3 is 4.40 Å². The van der Waals surface area contributed by atoms with Crippen molar-refractivity contribution in [3.05, 3.63) is 66.2 Å². The second kappa shape index (κ2) is 7.12. The molecule has 2 aromatic heterocycles. The zero-order valence-corrected chi connectivity index (χ0v) is 16.7. The Kier molecular flexibility index (Phi) is 4.81. The fraction of sp³-hybridized carbons (Fsp3) is 0.409. The lowest BCUT2D eigenvalue weighted by Crippen LogP contribution is -2.06. The predicted octanol–water partition coefficient (Wildman–Crippen LogP) is 4.82. The van der Waals surface area contributed by atoms with Crippen LogP contribution in [0.3, 0.4) is 0 Å². The van der Waals surface area contributed by atoms with Gasteiger partial charge >= 0.3 is 0 Å². The van der Waals surface area contributed by atoms with Crippen molar-refractivity contribution in [3.8, 4) is 0 Å². The van der Waals surface area contributed by atoms with Crippen molar-refractivity contribution < 1.29 is 8.42 Å². The Bertz CT molecular complexity index is 1040. The molecule has 0 saturated heterocycles. The molecule has 142 valence electrons. The highest BCUT2D eigenvalue weighted by atomic mass is 32.2. The van der Waals surface area contributed by atoms with Crippen LogP contribution in [0.4, 0.5) is 0 Å². The summed E-state index contributed by atoms with van der Waals surface area (Å²) in [6.07, 6.45) is 10.0. The normalized spacial score (nSPS) is 21.6. The number of sulfone groups is 1. The molecule has 3 atom stereocenters. The number of imidazole rings is 1. The molecular weight excluding hydrogens is 356 g/mol. The van der Waals surface area contributed by atoms with Gasteiger partial charge in [-0.1, -0.05) is 25.1 Å². The number of benzene rings is 1. The summed E-state index contributed by atoms with van der Waals surface area (Å²) in [5, 5.41) is 0. The maximum atomic E-state index is 11.6. The summed E-state index contributed by atoms with van der Waals surface area (Å²) in [5.74, 6) is 2.79. The van der Waals surface area contributed by atoms with Crippen molar-refractivity contribution in [1.29, 1.82) is 0 Å². The van der Waals surface area contributed by atoms with Crippen molar-refractivity contribution in [2.75, 3.05) is 6.26 Å². The third kappa shape index (κ3) is 3.79. The van der Waals surface area contributed by atoms with Crippen LogP contribution in [0.15, 0.2) is 59.8 Å². The first kappa shape index (κ1) is 18.2. The molecule has 27 heavy (non-hydrogen) atoms. The maximum Gasteiger partial charge on any atom is 0.175 e. The highest BCUT2D eigenvalue weighted by Crippen LogP contribution is 2.42. The third-order valence-corrected chi connectivity index (χ3v) is 7.04. The average Bonchev–Trinajstić information content (AvgIpc) is 3.28. The van der Waals surface area contributed by atoms with E-state index in [4.69, 9.17) is 0 Å². The molecule has 1 saturated carbocycles. The van der Waals surface area contributed by atoms with E-state index in [0.717, 1.165) is 17.8 Å². The lowest BCUT2D eigenvalue weighted by atomic mass is 9.91. The van der Waals surface area contributed by atoms with Gasteiger partial charge in [0.1, 0.15) is 5.82 Å². The van der Waals surface area contributed by atoms with E-state index in [1.807, 2.05) is 24.4 Å². The van der Waals surface area contributed by atoms with E-state index in [1.165, 1.54) is 31.1 Å². The molecule has 1 aromatic carbocycles. The van der Waals surface area contributed by atoms with Gasteiger partial charge in [-0.15, -0.1) is 0 Å². The topological polar surface area (TPSA) is 51.4 Å². The summed E-state index contributed by atoms with van der Waals surface area (Å²) in [6, 6.07) is 13.7.